The van der Waals surface area contributed by atoms with Crippen LogP contribution in [0.2, 0.25) is 0 Å². The van der Waals surface area contributed by atoms with E-state index < -0.39 is 17.8 Å². The molecule has 0 aliphatic carbocycles. The fourth-order valence-corrected chi connectivity index (χ4v) is 2.81. The third kappa shape index (κ3) is 5.70. The number of alkyl halides is 3. The fraction of sp³-hybridized carbons (Fsp3) is 0.529. The first-order valence-electron chi connectivity index (χ1n) is 8.36. The first kappa shape index (κ1) is 20.2. The first-order chi connectivity index (χ1) is 12.3. The first-order valence-corrected chi connectivity index (χ1v) is 8.36. The van der Waals surface area contributed by atoms with Crippen molar-refractivity contribution in [1.29, 1.82) is 0 Å². The highest BCUT2D eigenvalue weighted by molar-refractivity contribution is 5.88. The molecular weight excluding hydrogens is 351 g/mol. The Bertz CT molecular complexity index is 637. The topological polar surface area (TPSA) is 81.7 Å². The maximum atomic E-state index is 12.9. The molecule has 0 saturated carbocycles. The highest BCUT2D eigenvalue weighted by Gasteiger charge is 2.33. The second-order valence-electron chi connectivity index (χ2n) is 6.11. The normalized spacial score (nSPS) is 18.5. The Morgan fingerprint density at radius 1 is 1.38 bits per heavy atom. The summed E-state index contributed by atoms with van der Waals surface area (Å²) in [4.78, 5) is 25.8. The minimum Gasteiger partial charge on any atom is -0.396 e. The predicted molar refractivity (Wildman–Crippen MR) is 88.0 cm³/mol. The molecule has 3 N–H and O–H groups in total. The minimum atomic E-state index is -4.43. The molecule has 1 aromatic rings. The summed E-state index contributed by atoms with van der Waals surface area (Å²) < 4.78 is 38.6. The predicted octanol–water partition coefficient (Wildman–Crippen LogP) is 0.894. The van der Waals surface area contributed by atoms with Gasteiger partial charge >= 0.3 is 6.18 Å². The molecule has 0 unspecified atom stereocenters. The standard InChI is InChI=1S/C17H22F3N3O3/c18-17(19,20)13-4-1-3-12(9-13)11-23-7-6-22-16(26)14(23)10-15(25)21-5-2-8-24/h1,3-4,9,14,24H,2,5-8,10-11H2,(H,21,25)(H,22,26)/t14-/m1/s1. The second-order valence-corrected chi connectivity index (χ2v) is 6.11. The van der Waals surface area contributed by atoms with Gasteiger partial charge in [-0.15, -0.1) is 0 Å². The van der Waals surface area contributed by atoms with Crippen LogP contribution in [0.3, 0.4) is 0 Å². The maximum Gasteiger partial charge on any atom is 0.416 e. The molecule has 6 nitrogen and oxygen atoms in total. The van der Waals surface area contributed by atoms with Gasteiger partial charge in [-0.25, -0.2) is 0 Å². The van der Waals surface area contributed by atoms with E-state index in [2.05, 4.69) is 10.6 Å². The molecule has 2 rings (SSSR count). The van der Waals surface area contributed by atoms with Gasteiger partial charge < -0.3 is 15.7 Å². The Labute approximate surface area is 149 Å². The second kappa shape index (κ2) is 9.00. The third-order valence-electron chi connectivity index (χ3n) is 4.12. The average Bonchev–Trinajstić information content (AvgIpc) is 2.58. The van der Waals surface area contributed by atoms with E-state index in [1.165, 1.54) is 6.07 Å². The zero-order valence-corrected chi connectivity index (χ0v) is 14.2. The molecule has 0 spiro atoms. The van der Waals surface area contributed by atoms with Crippen LogP contribution in [0.1, 0.15) is 24.0 Å². The lowest BCUT2D eigenvalue weighted by molar-refractivity contribution is -0.137. The quantitative estimate of drug-likeness (QED) is 0.620. The molecule has 1 saturated heterocycles. The Kier molecular flexibility index (Phi) is 6.98. The van der Waals surface area contributed by atoms with E-state index >= 15 is 0 Å². The molecule has 1 atom stereocenters. The molecule has 9 heteroatoms. The van der Waals surface area contributed by atoms with Crippen molar-refractivity contribution in [3.05, 3.63) is 35.4 Å². The van der Waals surface area contributed by atoms with Crippen molar-refractivity contribution >= 4 is 11.8 Å². The van der Waals surface area contributed by atoms with Crippen molar-refractivity contribution in [2.24, 2.45) is 0 Å². The van der Waals surface area contributed by atoms with Gasteiger partial charge in [-0.1, -0.05) is 18.2 Å². The van der Waals surface area contributed by atoms with Crippen LogP contribution in [0.15, 0.2) is 24.3 Å². The molecule has 1 fully saturated rings. The lowest BCUT2D eigenvalue weighted by Gasteiger charge is -2.34. The molecule has 26 heavy (non-hydrogen) atoms. The highest BCUT2D eigenvalue weighted by atomic mass is 19.4. The Morgan fingerprint density at radius 3 is 2.85 bits per heavy atom. The van der Waals surface area contributed by atoms with Crippen molar-refractivity contribution in [3.63, 3.8) is 0 Å². The number of halogens is 3. The van der Waals surface area contributed by atoms with Crippen LogP contribution >= 0.6 is 0 Å². The van der Waals surface area contributed by atoms with E-state index in [0.29, 0.717) is 31.6 Å². The number of piperazine rings is 1. The van der Waals surface area contributed by atoms with E-state index in [0.717, 1.165) is 12.1 Å². The Morgan fingerprint density at radius 2 is 2.15 bits per heavy atom. The van der Waals surface area contributed by atoms with Crippen molar-refractivity contribution in [3.8, 4) is 0 Å². The van der Waals surface area contributed by atoms with Crippen LogP contribution in [0.4, 0.5) is 13.2 Å². The van der Waals surface area contributed by atoms with Gasteiger partial charge in [0.05, 0.1) is 18.0 Å². The summed E-state index contributed by atoms with van der Waals surface area (Å²) in [6.45, 7) is 1.21. The zero-order chi connectivity index (χ0) is 19.2. The molecule has 144 valence electrons. The molecule has 1 aliphatic rings. The third-order valence-corrected chi connectivity index (χ3v) is 4.12. The summed E-state index contributed by atoms with van der Waals surface area (Å²) in [5, 5.41) is 14.0. The summed E-state index contributed by atoms with van der Waals surface area (Å²) in [6.07, 6.45) is -4.10. The van der Waals surface area contributed by atoms with Gasteiger partial charge in [0.15, 0.2) is 0 Å². The summed E-state index contributed by atoms with van der Waals surface area (Å²) in [6, 6.07) is 4.22. The van der Waals surface area contributed by atoms with Gasteiger partial charge in [-0.2, -0.15) is 13.2 Å². The number of nitrogens with one attached hydrogen (secondary N) is 2. The summed E-state index contributed by atoms with van der Waals surface area (Å²) in [7, 11) is 0. The maximum absolute atomic E-state index is 12.9. The largest absolute Gasteiger partial charge is 0.416 e. The van der Waals surface area contributed by atoms with Crippen molar-refractivity contribution < 1.29 is 27.9 Å². The SMILES string of the molecule is O=C(C[C@@H]1C(=O)NCCN1Cc1cccc(C(F)(F)F)c1)NCCCO. The van der Waals surface area contributed by atoms with Crippen molar-refractivity contribution in [1.82, 2.24) is 15.5 Å². The van der Waals surface area contributed by atoms with Gasteiger partial charge in [-0.3, -0.25) is 14.5 Å². The monoisotopic (exact) mass is 373 g/mol. The molecule has 0 aromatic heterocycles. The molecule has 1 heterocycles. The van der Waals surface area contributed by atoms with Gasteiger partial charge in [0.2, 0.25) is 11.8 Å². The lowest BCUT2D eigenvalue weighted by atomic mass is 10.0. The van der Waals surface area contributed by atoms with Gasteiger partial charge in [-0.05, 0) is 18.1 Å². The Balaban J connectivity index is 2.05. The van der Waals surface area contributed by atoms with E-state index in [9.17, 15) is 22.8 Å². The van der Waals surface area contributed by atoms with Crippen LogP contribution in [0.25, 0.3) is 0 Å². The van der Waals surface area contributed by atoms with E-state index in [4.69, 9.17) is 5.11 Å². The number of carbonyl (C=O) groups excluding carboxylic acids is 2. The van der Waals surface area contributed by atoms with Crippen molar-refractivity contribution in [2.45, 2.75) is 31.6 Å². The zero-order valence-electron chi connectivity index (χ0n) is 14.2. The lowest BCUT2D eigenvalue weighted by Crippen LogP contribution is -2.56. The minimum absolute atomic E-state index is 0.0497. The van der Waals surface area contributed by atoms with Crippen LogP contribution in [-0.4, -0.2) is 54.1 Å². The van der Waals surface area contributed by atoms with Crippen LogP contribution in [0.5, 0.6) is 0 Å². The average molecular weight is 373 g/mol. The van der Waals surface area contributed by atoms with Crippen LogP contribution < -0.4 is 10.6 Å². The number of aliphatic hydroxyl groups is 1. The van der Waals surface area contributed by atoms with Crippen molar-refractivity contribution in [2.75, 3.05) is 26.2 Å². The number of hydrogen-bond acceptors (Lipinski definition) is 4. The molecule has 1 aromatic carbocycles. The summed E-state index contributed by atoms with van der Waals surface area (Å²) in [5.74, 6) is -0.657. The number of nitrogens with zero attached hydrogens (tertiary/aromatic N) is 1. The molecule has 2 amide bonds. The molecule has 0 radical (unpaired) electrons. The number of hydrogen-bond donors (Lipinski definition) is 3. The number of rotatable bonds is 7. The molecular formula is C17H22F3N3O3. The number of aliphatic hydroxyl groups excluding tert-OH is 1. The van der Waals surface area contributed by atoms with Crippen LogP contribution in [-0.2, 0) is 22.3 Å². The molecule has 1 aliphatic heterocycles. The summed E-state index contributed by atoms with van der Waals surface area (Å²) in [5.41, 5.74) is -0.310. The molecule has 0 bridgehead atoms. The number of amides is 2. The van der Waals surface area contributed by atoms with E-state index in [1.807, 2.05) is 0 Å². The summed E-state index contributed by atoms with van der Waals surface area (Å²) >= 11 is 0. The van der Waals surface area contributed by atoms with Gasteiger partial charge in [0.1, 0.15) is 0 Å². The van der Waals surface area contributed by atoms with Gasteiger partial charge in [0, 0.05) is 32.8 Å². The smallest absolute Gasteiger partial charge is 0.396 e. The van der Waals surface area contributed by atoms with Crippen LogP contribution in [0, 0.1) is 0 Å². The van der Waals surface area contributed by atoms with E-state index in [1.54, 1.807) is 11.0 Å². The fourth-order valence-electron chi connectivity index (χ4n) is 2.81. The number of benzene rings is 1. The highest BCUT2D eigenvalue weighted by Crippen LogP contribution is 2.30. The number of carbonyl (C=O) groups is 2. The Hall–Kier alpha value is -2.13. The van der Waals surface area contributed by atoms with E-state index in [-0.39, 0.29) is 31.4 Å². The van der Waals surface area contributed by atoms with Gasteiger partial charge in [0.25, 0.3) is 0 Å².